The van der Waals surface area contributed by atoms with Gasteiger partial charge in [-0.3, -0.25) is 0 Å². The van der Waals surface area contributed by atoms with Gasteiger partial charge < -0.3 is 9.74 Å². The van der Waals surface area contributed by atoms with Crippen LogP contribution < -0.4 is 5.32 Å². The summed E-state index contributed by atoms with van der Waals surface area (Å²) in [5.41, 5.74) is 0.112. The summed E-state index contributed by atoms with van der Waals surface area (Å²) >= 11 is 0. The Bertz CT molecular complexity index is 100.0. The molecule has 0 spiro atoms. The van der Waals surface area contributed by atoms with Gasteiger partial charge in [-0.15, -0.1) is 0 Å². The van der Waals surface area contributed by atoms with Crippen LogP contribution in [-0.2, 0) is 4.43 Å². The average Bonchev–Trinajstić information content (AvgIpc) is 1.84. The molecule has 0 aromatic carbocycles. The van der Waals surface area contributed by atoms with E-state index < -0.39 is 0 Å². The number of nitrogens with one attached hydrogen (secondary N) is 1. The third-order valence-electron chi connectivity index (χ3n) is 1.19. The lowest BCUT2D eigenvalue weighted by molar-refractivity contribution is 0.140. The molecule has 3 heteroatoms. The molecule has 0 saturated heterocycles. The van der Waals surface area contributed by atoms with Crippen molar-refractivity contribution in [3.8, 4) is 0 Å². The smallest absolute Gasteiger partial charge is 0.159 e. The molecule has 0 unspecified atom stereocenters. The van der Waals surface area contributed by atoms with Crippen molar-refractivity contribution in [1.82, 2.24) is 5.32 Å². The predicted molar refractivity (Wildman–Crippen MR) is 70.8 cm³/mol. The highest BCUT2D eigenvalue weighted by Gasteiger charge is 2.05. The first kappa shape index (κ1) is 19.7. The zero-order chi connectivity index (χ0) is 10.9. The van der Waals surface area contributed by atoms with Gasteiger partial charge in [0.05, 0.1) is 0 Å². The van der Waals surface area contributed by atoms with Crippen LogP contribution in [0.1, 0.15) is 49.0 Å². The van der Waals surface area contributed by atoms with Crippen LogP contribution >= 0.6 is 0 Å². The van der Waals surface area contributed by atoms with Crippen molar-refractivity contribution in [2.75, 3.05) is 6.54 Å². The second-order valence-electron chi connectivity index (χ2n) is 4.26. The molecular weight excluding hydrogens is 190 g/mol. The summed E-state index contributed by atoms with van der Waals surface area (Å²) in [6.07, 6.45) is 0. The first-order valence-electron chi connectivity index (χ1n) is 5.20. The average molecular weight is 221 g/mol. The summed E-state index contributed by atoms with van der Waals surface area (Å²) in [6, 6.07) is 0.648. The summed E-state index contributed by atoms with van der Waals surface area (Å²) in [7, 11) is -0.190. The number of hydrogen-bond donors (Lipinski definition) is 1. The van der Waals surface area contributed by atoms with Crippen molar-refractivity contribution in [2.24, 2.45) is 0 Å². The molecule has 0 saturated carbocycles. The van der Waals surface area contributed by atoms with Crippen LogP contribution in [0.3, 0.4) is 0 Å². The van der Waals surface area contributed by atoms with Gasteiger partial charge in [-0.25, -0.2) is 0 Å². The van der Waals surface area contributed by atoms with E-state index >= 15 is 0 Å². The molecule has 0 fully saturated rings. The molecule has 0 heterocycles. The topological polar surface area (TPSA) is 21.3 Å². The first-order valence-corrected chi connectivity index (χ1v) is 7.20. The molecule has 0 aliphatic heterocycles. The summed E-state index contributed by atoms with van der Waals surface area (Å²) < 4.78 is 5.37. The van der Waals surface area contributed by atoms with E-state index in [4.69, 9.17) is 4.43 Å². The fourth-order valence-corrected chi connectivity index (χ4v) is 1.71. The van der Waals surface area contributed by atoms with Gasteiger partial charge in [0.2, 0.25) is 0 Å². The summed E-state index contributed by atoms with van der Waals surface area (Å²) in [6.45, 7) is 15.9. The van der Waals surface area contributed by atoms with Gasteiger partial charge in [-0.1, -0.05) is 34.7 Å². The lowest BCUT2D eigenvalue weighted by Gasteiger charge is -2.17. The third-order valence-corrected chi connectivity index (χ3v) is 2.34. The molecule has 0 rings (SSSR count). The van der Waals surface area contributed by atoms with Gasteiger partial charge in [0.15, 0.2) is 9.76 Å². The molecule has 90 valence electrons. The van der Waals surface area contributed by atoms with E-state index in [-0.39, 0.29) is 22.8 Å². The first-order chi connectivity index (χ1) is 5.83. The maximum atomic E-state index is 5.37. The van der Waals surface area contributed by atoms with Crippen molar-refractivity contribution in [3.63, 3.8) is 0 Å². The Morgan fingerprint density at radius 2 is 1.71 bits per heavy atom. The maximum Gasteiger partial charge on any atom is 0.159 e. The van der Waals surface area contributed by atoms with Crippen molar-refractivity contribution in [2.45, 2.75) is 67.2 Å². The minimum Gasteiger partial charge on any atom is -0.420 e. The van der Waals surface area contributed by atoms with Gasteiger partial charge in [0.1, 0.15) is 0 Å². The van der Waals surface area contributed by atoms with Crippen LogP contribution in [0.25, 0.3) is 0 Å². The molecule has 14 heavy (non-hydrogen) atoms. The van der Waals surface area contributed by atoms with E-state index in [0.29, 0.717) is 6.04 Å². The fourth-order valence-electron chi connectivity index (χ4n) is 0.841. The van der Waals surface area contributed by atoms with Crippen LogP contribution in [0.4, 0.5) is 0 Å². The van der Waals surface area contributed by atoms with Crippen molar-refractivity contribution >= 4 is 9.76 Å². The Hall–Kier alpha value is 0.137. The van der Waals surface area contributed by atoms with Crippen LogP contribution in [0.2, 0.25) is 6.55 Å². The zero-order valence-corrected chi connectivity index (χ0v) is 11.8. The molecule has 2 nitrogen and oxygen atoms in total. The maximum absolute atomic E-state index is 5.37. The van der Waals surface area contributed by atoms with Gasteiger partial charge in [-0.2, -0.15) is 0 Å². The van der Waals surface area contributed by atoms with Gasteiger partial charge in [0, 0.05) is 11.6 Å². The van der Waals surface area contributed by atoms with Crippen LogP contribution in [0, 0.1) is 0 Å². The summed E-state index contributed by atoms with van der Waals surface area (Å²) in [5, 5.41) is 3.21. The fraction of sp³-hybridized carbons (Fsp3) is 1.00. The van der Waals surface area contributed by atoms with Crippen LogP contribution in [-0.4, -0.2) is 28.0 Å². The Labute approximate surface area is 93.8 Å². The Morgan fingerprint density at radius 3 is 1.71 bits per heavy atom. The number of hydrogen-bond acceptors (Lipinski definition) is 2. The lowest BCUT2D eigenvalue weighted by atomic mass is 10.2. The van der Waals surface area contributed by atoms with E-state index in [1.54, 1.807) is 0 Å². The standard InChI is InChI=1S/C5H13N.C5H14OSi.CH4/c1-4-6-5(2)3;1-5(2,3)6-7-4;/h5-6H,4H2,1-3H3;7H2,1-4H3;1H4. The van der Waals surface area contributed by atoms with Crippen molar-refractivity contribution in [1.29, 1.82) is 0 Å². The van der Waals surface area contributed by atoms with Crippen LogP contribution in [0.15, 0.2) is 0 Å². The van der Waals surface area contributed by atoms with E-state index in [2.05, 4.69) is 53.4 Å². The van der Waals surface area contributed by atoms with Crippen LogP contribution in [0.5, 0.6) is 0 Å². The Morgan fingerprint density at radius 1 is 1.29 bits per heavy atom. The molecule has 0 radical (unpaired) electrons. The minimum atomic E-state index is -0.190. The van der Waals surface area contributed by atoms with Crippen molar-refractivity contribution in [3.05, 3.63) is 0 Å². The minimum absolute atomic E-state index is 0. The van der Waals surface area contributed by atoms with Crippen molar-refractivity contribution < 1.29 is 4.43 Å². The molecule has 0 aromatic heterocycles. The molecular formula is C11H31NOSi. The zero-order valence-electron chi connectivity index (χ0n) is 10.4. The highest BCUT2D eigenvalue weighted by molar-refractivity contribution is 6.24. The summed E-state index contributed by atoms with van der Waals surface area (Å²) in [5.74, 6) is 0. The third kappa shape index (κ3) is 29.6. The monoisotopic (exact) mass is 221 g/mol. The highest BCUT2D eigenvalue weighted by atomic mass is 28.2. The second kappa shape index (κ2) is 11.2. The predicted octanol–water partition coefficient (Wildman–Crippen LogP) is 2.57. The lowest BCUT2D eigenvalue weighted by Crippen LogP contribution is -2.21. The normalized spacial score (nSPS) is 11.1. The molecule has 0 bridgehead atoms. The second-order valence-corrected chi connectivity index (χ2v) is 5.12. The molecule has 0 amide bonds. The van der Waals surface area contributed by atoms with Gasteiger partial charge in [0.25, 0.3) is 0 Å². The number of rotatable bonds is 3. The highest BCUT2D eigenvalue weighted by Crippen LogP contribution is 2.03. The van der Waals surface area contributed by atoms with Gasteiger partial charge >= 0.3 is 0 Å². The molecule has 0 aliphatic rings. The Balaban J connectivity index is -0.000000163. The summed E-state index contributed by atoms with van der Waals surface area (Å²) in [4.78, 5) is 0. The van der Waals surface area contributed by atoms with E-state index in [1.807, 2.05) is 0 Å². The SMILES string of the molecule is C.CCNC(C)C.C[SiH2]OC(C)(C)C. The largest absolute Gasteiger partial charge is 0.420 e. The van der Waals surface area contributed by atoms with Gasteiger partial charge in [-0.05, 0) is 27.3 Å². The van der Waals surface area contributed by atoms with E-state index in [9.17, 15) is 0 Å². The van der Waals surface area contributed by atoms with E-state index in [1.165, 1.54) is 0 Å². The molecule has 1 N–H and O–H groups in total. The molecule has 0 aromatic rings. The molecule has 0 aliphatic carbocycles. The molecule has 0 atom stereocenters. The van der Waals surface area contributed by atoms with E-state index in [0.717, 1.165) is 6.54 Å². The Kier molecular flexibility index (Phi) is 15.8. The quantitative estimate of drug-likeness (QED) is 0.740.